The van der Waals surface area contributed by atoms with E-state index in [0.717, 1.165) is 52.0 Å². The van der Waals surface area contributed by atoms with E-state index >= 15 is 0 Å². The lowest BCUT2D eigenvalue weighted by atomic mass is 9.76. The van der Waals surface area contributed by atoms with Crippen molar-refractivity contribution < 1.29 is 14.7 Å². The number of nitrogens with one attached hydrogen (secondary N) is 2. The van der Waals surface area contributed by atoms with Gasteiger partial charge in [0.2, 0.25) is 0 Å². The van der Waals surface area contributed by atoms with Crippen LogP contribution in [-0.2, 0) is 9.57 Å². The molecule has 5 nitrogen and oxygen atoms in total. The first-order chi connectivity index (χ1) is 10.1. The molecule has 0 aliphatic rings. The molecule has 0 amide bonds. The molecule has 0 aliphatic carbocycles. The van der Waals surface area contributed by atoms with E-state index in [2.05, 4.69) is 31.6 Å². The number of rotatable bonds is 15. The second-order valence-corrected chi connectivity index (χ2v) is 6.24. The number of likely N-dealkylation sites (N-methyl/N-ethyl adjacent to an activating group) is 1. The third-order valence-corrected chi connectivity index (χ3v) is 4.17. The molecule has 1 atom stereocenters. The highest BCUT2D eigenvalue weighted by molar-refractivity contribution is 4.76. The van der Waals surface area contributed by atoms with Crippen molar-refractivity contribution in [3.05, 3.63) is 0 Å². The van der Waals surface area contributed by atoms with Crippen molar-refractivity contribution in [2.45, 2.75) is 46.5 Å². The summed E-state index contributed by atoms with van der Waals surface area (Å²) in [5.74, 6) is 0.485. The van der Waals surface area contributed by atoms with Crippen LogP contribution in [0.4, 0.5) is 0 Å². The van der Waals surface area contributed by atoms with Gasteiger partial charge >= 0.3 is 0 Å². The summed E-state index contributed by atoms with van der Waals surface area (Å²) < 4.78 is 5.44. The summed E-state index contributed by atoms with van der Waals surface area (Å²) in [5, 5.41) is 12.5. The second-order valence-electron chi connectivity index (χ2n) is 6.24. The lowest BCUT2D eigenvalue weighted by Crippen LogP contribution is -2.28. The van der Waals surface area contributed by atoms with E-state index in [1.165, 1.54) is 0 Å². The Morgan fingerprint density at radius 3 is 2.43 bits per heavy atom. The standard InChI is InChI=1S/C16H36N2O3/c1-15(2)16(3,14-19)8-7-12-21-18-9-5-6-11-20-13-10-17-4/h15,17-19H,5-14H2,1-4H3. The van der Waals surface area contributed by atoms with Gasteiger partial charge in [-0.3, -0.25) is 0 Å². The molecule has 0 spiro atoms. The van der Waals surface area contributed by atoms with Crippen molar-refractivity contribution in [3.8, 4) is 0 Å². The number of unbranched alkanes of at least 4 members (excludes halogenated alkanes) is 1. The van der Waals surface area contributed by atoms with Gasteiger partial charge in [-0.15, -0.1) is 0 Å². The number of ether oxygens (including phenoxy) is 1. The molecule has 128 valence electrons. The highest BCUT2D eigenvalue weighted by atomic mass is 16.6. The maximum Gasteiger partial charge on any atom is 0.0682 e. The van der Waals surface area contributed by atoms with Gasteiger partial charge < -0.3 is 20.0 Å². The van der Waals surface area contributed by atoms with Gasteiger partial charge in [-0.05, 0) is 44.1 Å². The first-order valence-electron chi connectivity index (χ1n) is 8.24. The Morgan fingerprint density at radius 1 is 1.05 bits per heavy atom. The molecule has 0 saturated heterocycles. The highest BCUT2D eigenvalue weighted by Gasteiger charge is 2.26. The maximum absolute atomic E-state index is 9.46. The zero-order valence-electron chi connectivity index (χ0n) is 14.4. The fourth-order valence-electron chi connectivity index (χ4n) is 1.92. The van der Waals surface area contributed by atoms with Gasteiger partial charge in [0.1, 0.15) is 0 Å². The fourth-order valence-corrected chi connectivity index (χ4v) is 1.92. The highest BCUT2D eigenvalue weighted by Crippen LogP contribution is 2.31. The van der Waals surface area contributed by atoms with Crippen molar-refractivity contribution in [3.63, 3.8) is 0 Å². The summed E-state index contributed by atoms with van der Waals surface area (Å²) in [6.45, 7) is 10.8. The lowest BCUT2D eigenvalue weighted by Gasteiger charge is -2.31. The molecule has 0 heterocycles. The molecular weight excluding hydrogens is 268 g/mol. The molecular formula is C16H36N2O3. The van der Waals surface area contributed by atoms with Crippen LogP contribution in [-0.4, -0.2) is 51.7 Å². The summed E-state index contributed by atoms with van der Waals surface area (Å²) in [4.78, 5) is 5.42. The van der Waals surface area contributed by atoms with Crippen molar-refractivity contribution in [1.82, 2.24) is 10.8 Å². The van der Waals surface area contributed by atoms with Crippen molar-refractivity contribution in [1.29, 1.82) is 0 Å². The van der Waals surface area contributed by atoms with Crippen LogP contribution in [0.1, 0.15) is 46.5 Å². The Kier molecular flexibility index (Phi) is 13.3. The van der Waals surface area contributed by atoms with Crippen LogP contribution in [0, 0.1) is 11.3 Å². The minimum atomic E-state index is 0.00798. The van der Waals surface area contributed by atoms with Gasteiger partial charge in [0, 0.05) is 26.3 Å². The average molecular weight is 304 g/mol. The molecule has 0 aromatic carbocycles. The van der Waals surface area contributed by atoms with Crippen LogP contribution in [0.25, 0.3) is 0 Å². The summed E-state index contributed by atoms with van der Waals surface area (Å²) in [6.07, 6.45) is 4.06. The van der Waals surface area contributed by atoms with Gasteiger partial charge in [0.05, 0.1) is 13.2 Å². The molecule has 0 fully saturated rings. The van der Waals surface area contributed by atoms with Crippen molar-refractivity contribution in [2.24, 2.45) is 11.3 Å². The fraction of sp³-hybridized carbons (Fsp3) is 1.00. The average Bonchev–Trinajstić information content (AvgIpc) is 2.47. The van der Waals surface area contributed by atoms with E-state index in [1.54, 1.807) is 0 Å². The van der Waals surface area contributed by atoms with Gasteiger partial charge in [0.25, 0.3) is 0 Å². The summed E-state index contributed by atoms with van der Waals surface area (Å²) in [6, 6.07) is 0. The van der Waals surface area contributed by atoms with Gasteiger partial charge in [-0.25, -0.2) is 5.48 Å². The van der Waals surface area contributed by atoms with Crippen LogP contribution in [0.15, 0.2) is 0 Å². The molecule has 0 bridgehead atoms. The van der Waals surface area contributed by atoms with Gasteiger partial charge in [-0.2, -0.15) is 0 Å². The van der Waals surface area contributed by atoms with Crippen molar-refractivity contribution in [2.75, 3.05) is 46.6 Å². The van der Waals surface area contributed by atoms with Crippen LogP contribution >= 0.6 is 0 Å². The molecule has 5 heteroatoms. The van der Waals surface area contributed by atoms with Gasteiger partial charge in [-0.1, -0.05) is 20.8 Å². The summed E-state index contributed by atoms with van der Waals surface area (Å²) in [5.41, 5.74) is 3.00. The molecule has 0 aromatic rings. The Bertz CT molecular complexity index is 228. The van der Waals surface area contributed by atoms with E-state index in [0.29, 0.717) is 12.5 Å². The SMILES string of the molecule is CNCCOCCCCNOCCCC(C)(CO)C(C)C. The Hall–Kier alpha value is -0.200. The van der Waals surface area contributed by atoms with Crippen LogP contribution in [0.3, 0.4) is 0 Å². The Balaban J connectivity index is 3.29. The number of hydrogen-bond acceptors (Lipinski definition) is 5. The minimum Gasteiger partial charge on any atom is -0.396 e. The third kappa shape index (κ3) is 11.1. The number of aliphatic hydroxyl groups excluding tert-OH is 1. The normalized spacial score (nSPS) is 14.6. The topological polar surface area (TPSA) is 62.8 Å². The minimum absolute atomic E-state index is 0.00798. The quantitative estimate of drug-likeness (QED) is 0.319. The maximum atomic E-state index is 9.46. The summed E-state index contributed by atoms with van der Waals surface area (Å²) >= 11 is 0. The predicted molar refractivity (Wildman–Crippen MR) is 87.2 cm³/mol. The van der Waals surface area contributed by atoms with Crippen LogP contribution < -0.4 is 10.8 Å². The van der Waals surface area contributed by atoms with E-state index in [4.69, 9.17) is 9.57 Å². The van der Waals surface area contributed by atoms with Crippen molar-refractivity contribution >= 4 is 0 Å². The summed E-state index contributed by atoms with van der Waals surface area (Å²) in [7, 11) is 1.93. The Morgan fingerprint density at radius 2 is 1.81 bits per heavy atom. The van der Waals surface area contributed by atoms with E-state index < -0.39 is 0 Å². The van der Waals surface area contributed by atoms with E-state index in [1.807, 2.05) is 7.05 Å². The molecule has 1 unspecified atom stereocenters. The molecule has 0 aliphatic heterocycles. The predicted octanol–water partition coefficient (Wildman–Crippen LogP) is 1.96. The molecule has 0 radical (unpaired) electrons. The Labute approximate surface area is 130 Å². The monoisotopic (exact) mass is 304 g/mol. The first kappa shape index (κ1) is 20.8. The third-order valence-electron chi connectivity index (χ3n) is 4.17. The zero-order chi connectivity index (χ0) is 16.0. The smallest absolute Gasteiger partial charge is 0.0682 e. The lowest BCUT2D eigenvalue weighted by molar-refractivity contribution is 0.0200. The molecule has 3 N–H and O–H groups in total. The number of hydroxylamine groups is 1. The van der Waals surface area contributed by atoms with E-state index in [9.17, 15) is 5.11 Å². The van der Waals surface area contributed by atoms with Crippen LogP contribution in [0.2, 0.25) is 0 Å². The van der Waals surface area contributed by atoms with Gasteiger partial charge in [0.15, 0.2) is 0 Å². The number of hydrogen-bond donors (Lipinski definition) is 3. The largest absolute Gasteiger partial charge is 0.396 e. The molecule has 0 rings (SSSR count). The zero-order valence-corrected chi connectivity index (χ0v) is 14.4. The van der Waals surface area contributed by atoms with Crippen LogP contribution in [0.5, 0.6) is 0 Å². The second kappa shape index (κ2) is 13.5. The molecule has 21 heavy (non-hydrogen) atoms. The number of aliphatic hydroxyl groups is 1. The first-order valence-corrected chi connectivity index (χ1v) is 8.24. The molecule has 0 aromatic heterocycles. The van der Waals surface area contributed by atoms with E-state index in [-0.39, 0.29) is 12.0 Å². The molecule has 0 saturated carbocycles.